The van der Waals surface area contributed by atoms with E-state index in [-0.39, 0.29) is 6.04 Å². The molecule has 0 heterocycles. The maximum absolute atomic E-state index is 12.8. The Kier molecular flexibility index (Phi) is 3.75. The van der Waals surface area contributed by atoms with Crippen molar-refractivity contribution in [2.45, 2.75) is 25.1 Å². The zero-order valence-corrected chi connectivity index (χ0v) is 12.0. The molecule has 2 aromatic carbocycles. The first kappa shape index (κ1) is 15.4. The van der Waals surface area contributed by atoms with Crippen LogP contribution in [-0.4, -0.2) is 17.2 Å². The molecule has 1 fully saturated rings. The van der Waals surface area contributed by atoms with Crippen LogP contribution in [0.15, 0.2) is 48.5 Å². The summed E-state index contributed by atoms with van der Waals surface area (Å²) in [5, 5.41) is 9.25. The molecule has 1 aliphatic rings. The Morgan fingerprint density at radius 3 is 2.22 bits per heavy atom. The van der Waals surface area contributed by atoms with Crippen molar-refractivity contribution in [2.24, 2.45) is 0 Å². The van der Waals surface area contributed by atoms with Crippen molar-refractivity contribution in [3.63, 3.8) is 0 Å². The molecule has 1 N–H and O–H groups in total. The largest absolute Gasteiger partial charge is 0.465 e. The van der Waals surface area contributed by atoms with E-state index in [1.54, 1.807) is 30.3 Å². The van der Waals surface area contributed by atoms with Crippen LogP contribution in [0.4, 0.5) is 23.7 Å². The number of rotatable bonds is 3. The molecule has 1 saturated carbocycles. The van der Waals surface area contributed by atoms with Gasteiger partial charge < -0.3 is 5.11 Å². The Hall–Kier alpha value is -2.50. The summed E-state index contributed by atoms with van der Waals surface area (Å²) < 4.78 is 38.3. The molecule has 0 radical (unpaired) electrons. The van der Waals surface area contributed by atoms with Crippen LogP contribution in [0.25, 0.3) is 11.1 Å². The van der Waals surface area contributed by atoms with Crippen LogP contribution in [-0.2, 0) is 6.18 Å². The lowest BCUT2D eigenvalue weighted by Gasteiger charge is -2.19. The molecule has 3 rings (SSSR count). The third kappa shape index (κ3) is 3.31. The molecule has 0 aromatic heterocycles. The SMILES string of the molecule is O=C(O)N(c1ccc(-c2cccc(C(F)(F)F)c2)cc1)C1CC1. The van der Waals surface area contributed by atoms with Gasteiger partial charge in [0.05, 0.1) is 5.56 Å². The second-order valence-electron chi connectivity index (χ2n) is 5.51. The third-order valence-electron chi connectivity index (χ3n) is 3.79. The van der Waals surface area contributed by atoms with E-state index < -0.39 is 17.8 Å². The highest BCUT2D eigenvalue weighted by Crippen LogP contribution is 2.34. The fourth-order valence-corrected chi connectivity index (χ4v) is 2.50. The van der Waals surface area contributed by atoms with Crippen LogP contribution in [0.5, 0.6) is 0 Å². The van der Waals surface area contributed by atoms with E-state index in [2.05, 4.69) is 0 Å². The molecule has 0 aliphatic heterocycles. The van der Waals surface area contributed by atoms with Gasteiger partial charge >= 0.3 is 12.3 Å². The normalized spacial score (nSPS) is 14.6. The molecule has 6 heteroatoms. The van der Waals surface area contributed by atoms with Gasteiger partial charge in [-0.15, -0.1) is 0 Å². The van der Waals surface area contributed by atoms with Gasteiger partial charge in [0.15, 0.2) is 0 Å². The molecule has 1 amide bonds. The summed E-state index contributed by atoms with van der Waals surface area (Å²) in [5.74, 6) is 0. The molecule has 3 nitrogen and oxygen atoms in total. The Morgan fingerprint density at radius 2 is 1.70 bits per heavy atom. The van der Waals surface area contributed by atoms with E-state index >= 15 is 0 Å². The number of benzene rings is 2. The van der Waals surface area contributed by atoms with Crippen molar-refractivity contribution >= 4 is 11.8 Å². The summed E-state index contributed by atoms with van der Waals surface area (Å²) in [6.45, 7) is 0. The van der Waals surface area contributed by atoms with Gasteiger partial charge in [-0.2, -0.15) is 13.2 Å². The highest BCUT2D eigenvalue weighted by Gasteiger charge is 2.33. The maximum Gasteiger partial charge on any atom is 0.416 e. The first-order valence-corrected chi connectivity index (χ1v) is 7.16. The molecule has 2 aromatic rings. The predicted octanol–water partition coefficient (Wildman–Crippen LogP) is 5.02. The van der Waals surface area contributed by atoms with E-state index in [0.717, 1.165) is 25.0 Å². The summed E-state index contributed by atoms with van der Waals surface area (Å²) in [5.41, 5.74) is 0.889. The molecule has 120 valence electrons. The van der Waals surface area contributed by atoms with Crippen LogP contribution >= 0.6 is 0 Å². The predicted molar refractivity (Wildman–Crippen MR) is 80.4 cm³/mol. The van der Waals surface area contributed by atoms with Crippen molar-refractivity contribution in [1.82, 2.24) is 0 Å². The smallest absolute Gasteiger partial charge is 0.416 e. The molecule has 0 atom stereocenters. The maximum atomic E-state index is 12.8. The van der Waals surface area contributed by atoms with E-state index in [1.165, 1.54) is 11.0 Å². The lowest BCUT2D eigenvalue weighted by Crippen LogP contribution is -2.31. The lowest BCUT2D eigenvalue weighted by molar-refractivity contribution is -0.137. The van der Waals surface area contributed by atoms with Gasteiger partial charge in [0, 0.05) is 11.7 Å². The van der Waals surface area contributed by atoms with Crippen LogP contribution in [0.2, 0.25) is 0 Å². The quantitative estimate of drug-likeness (QED) is 0.862. The number of carboxylic acid groups (broad SMARTS) is 1. The molecule has 23 heavy (non-hydrogen) atoms. The molecule has 0 spiro atoms. The summed E-state index contributed by atoms with van der Waals surface area (Å²) in [7, 11) is 0. The second-order valence-corrected chi connectivity index (χ2v) is 5.51. The number of nitrogens with zero attached hydrogens (tertiary/aromatic N) is 1. The minimum atomic E-state index is -4.39. The monoisotopic (exact) mass is 321 g/mol. The standard InChI is InChI=1S/C17H14F3NO2/c18-17(19,20)13-3-1-2-12(10-13)11-4-6-14(7-5-11)21(16(22)23)15-8-9-15/h1-7,10,15H,8-9H2,(H,22,23). The fraction of sp³-hybridized carbons (Fsp3) is 0.235. The van der Waals surface area contributed by atoms with Crippen molar-refractivity contribution in [3.05, 3.63) is 54.1 Å². The molecular weight excluding hydrogens is 307 g/mol. The summed E-state index contributed by atoms with van der Waals surface area (Å²) in [6.07, 6.45) is -3.73. The van der Waals surface area contributed by atoms with Gasteiger partial charge in [0.25, 0.3) is 0 Å². The van der Waals surface area contributed by atoms with Crippen molar-refractivity contribution in [3.8, 4) is 11.1 Å². The number of anilines is 1. The van der Waals surface area contributed by atoms with Crippen LogP contribution in [0.3, 0.4) is 0 Å². The molecular formula is C17H14F3NO2. The summed E-state index contributed by atoms with van der Waals surface area (Å²) in [6, 6.07) is 11.6. The fourth-order valence-electron chi connectivity index (χ4n) is 2.50. The number of carbonyl (C=O) groups is 1. The first-order valence-electron chi connectivity index (χ1n) is 7.16. The topological polar surface area (TPSA) is 40.5 Å². The van der Waals surface area contributed by atoms with Crippen molar-refractivity contribution in [1.29, 1.82) is 0 Å². The van der Waals surface area contributed by atoms with Gasteiger partial charge in [-0.05, 0) is 48.2 Å². The highest BCUT2D eigenvalue weighted by atomic mass is 19.4. The number of halogens is 3. The molecule has 0 saturated heterocycles. The van der Waals surface area contributed by atoms with E-state index in [0.29, 0.717) is 16.8 Å². The van der Waals surface area contributed by atoms with Crippen LogP contribution < -0.4 is 4.90 Å². The van der Waals surface area contributed by atoms with Gasteiger partial charge in [-0.3, -0.25) is 4.90 Å². The average molecular weight is 321 g/mol. The Bertz CT molecular complexity index is 721. The summed E-state index contributed by atoms with van der Waals surface area (Å²) in [4.78, 5) is 12.6. The van der Waals surface area contributed by atoms with E-state index in [1.807, 2.05) is 0 Å². The molecule has 0 unspecified atom stereocenters. The zero-order chi connectivity index (χ0) is 16.6. The van der Waals surface area contributed by atoms with E-state index in [9.17, 15) is 23.1 Å². The number of hydrogen-bond acceptors (Lipinski definition) is 1. The van der Waals surface area contributed by atoms with Crippen molar-refractivity contribution in [2.75, 3.05) is 4.90 Å². The van der Waals surface area contributed by atoms with Gasteiger partial charge in [-0.25, -0.2) is 4.79 Å². The molecule has 1 aliphatic carbocycles. The number of alkyl halides is 3. The Balaban J connectivity index is 1.89. The number of hydrogen-bond donors (Lipinski definition) is 1. The Morgan fingerprint density at radius 1 is 1.04 bits per heavy atom. The zero-order valence-electron chi connectivity index (χ0n) is 12.0. The van der Waals surface area contributed by atoms with Gasteiger partial charge in [0.2, 0.25) is 0 Å². The van der Waals surface area contributed by atoms with Crippen LogP contribution in [0.1, 0.15) is 18.4 Å². The van der Waals surface area contributed by atoms with E-state index in [4.69, 9.17) is 0 Å². The molecule has 0 bridgehead atoms. The van der Waals surface area contributed by atoms with Crippen molar-refractivity contribution < 1.29 is 23.1 Å². The number of amides is 1. The minimum Gasteiger partial charge on any atom is -0.465 e. The van der Waals surface area contributed by atoms with Gasteiger partial charge in [0.1, 0.15) is 0 Å². The third-order valence-corrected chi connectivity index (χ3v) is 3.79. The first-order chi connectivity index (χ1) is 10.9. The lowest BCUT2D eigenvalue weighted by atomic mass is 10.0. The minimum absolute atomic E-state index is 0.00640. The van der Waals surface area contributed by atoms with Crippen LogP contribution in [0, 0.1) is 0 Å². The summed E-state index contributed by atoms with van der Waals surface area (Å²) >= 11 is 0. The van der Waals surface area contributed by atoms with Gasteiger partial charge in [-0.1, -0.05) is 24.3 Å². The average Bonchev–Trinajstić information content (AvgIpc) is 3.32. The Labute approximate surface area is 131 Å². The highest BCUT2D eigenvalue weighted by molar-refractivity contribution is 5.87. The second kappa shape index (κ2) is 5.61.